The normalized spacial score (nSPS) is 16.9. The molecule has 3 rings (SSSR count). The van der Waals surface area contributed by atoms with Gasteiger partial charge < -0.3 is 4.90 Å². The summed E-state index contributed by atoms with van der Waals surface area (Å²) in [5.41, 5.74) is 2.21. The number of hydrogen-bond donors (Lipinski definition) is 0. The lowest BCUT2D eigenvalue weighted by Crippen LogP contribution is -2.49. The van der Waals surface area contributed by atoms with E-state index in [-0.39, 0.29) is 0 Å². The molecule has 1 aliphatic heterocycles. The third-order valence-corrected chi connectivity index (χ3v) is 6.74. The van der Waals surface area contributed by atoms with Crippen LogP contribution in [0.1, 0.15) is 11.1 Å². The highest BCUT2D eigenvalue weighted by Crippen LogP contribution is 2.19. The molecule has 0 radical (unpaired) electrons. The van der Waals surface area contributed by atoms with E-state index in [1.807, 2.05) is 37.3 Å². The van der Waals surface area contributed by atoms with Crippen LogP contribution in [0.2, 0.25) is 5.02 Å². The summed E-state index contributed by atoms with van der Waals surface area (Å²) in [6.45, 7) is 5.44. The standard InChI is InChI=1S/C19H23ClN2O2S/c1-16-3-2-4-19(15-16)25(23,24)22-13-11-21(12-14-22)10-9-17-5-7-18(20)8-6-17/h2-8,15H,9-14H2,1H3. The van der Waals surface area contributed by atoms with Gasteiger partial charge in [-0.3, -0.25) is 0 Å². The number of hydrogen-bond acceptors (Lipinski definition) is 3. The summed E-state index contributed by atoms with van der Waals surface area (Å²) >= 11 is 5.91. The van der Waals surface area contributed by atoms with Crippen molar-refractivity contribution in [3.8, 4) is 0 Å². The van der Waals surface area contributed by atoms with Gasteiger partial charge in [0.05, 0.1) is 4.90 Å². The summed E-state index contributed by atoms with van der Waals surface area (Å²) in [5.74, 6) is 0. The monoisotopic (exact) mass is 378 g/mol. The van der Waals surface area contributed by atoms with E-state index in [0.29, 0.717) is 18.0 Å². The van der Waals surface area contributed by atoms with Crippen molar-refractivity contribution in [1.29, 1.82) is 0 Å². The average molecular weight is 379 g/mol. The summed E-state index contributed by atoms with van der Waals surface area (Å²) in [5, 5.41) is 0.749. The molecule has 0 amide bonds. The van der Waals surface area contributed by atoms with Gasteiger partial charge in [-0.1, -0.05) is 35.9 Å². The molecule has 6 heteroatoms. The molecule has 0 spiro atoms. The zero-order chi connectivity index (χ0) is 17.9. The first-order chi connectivity index (χ1) is 11.9. The van der Waals surface area contributed by atoms with Crippen LogP contribution in [0.25, 0.3) is 0 Å². The molecule has 2 aromatic rings. The zero-order valence-corrected chi connectivity index (χ0v) is 15.9. The van der Waals surface area contributed by atoms with Crippen LogP contribution in [0.4, 0.5) is 0 Å². The van der Waals surface area contributed by atoms with Crippen LogP contribution in [0.15, 0.2) is 53.4 Å². The van der Waals surface area contributed by atoms with Crippen LogP contribution >= 0.6 is 11.6 Å². The Balaban J connectivity index is 1.55. The van der Waals surface area contributed by atoms with Gasteiger partial charge in [0, 0.05) is 37.7 Å². The maximum Gasteiger partial charge on any atom is 0.243 e. The van der Waals surface area contributed by atoms with Gasteiger partial charge in [0.15, 0.2) is 0 Å². The van der Waals surface area contributed by atoms with Gasteiger partial charge in [-0.25, -0.2) is 8.42 Å². The van der Waals surface area contributed by atoms with Crippen molar-refractivity contribution in [3.63, 3.8) is 0 Å². The van der Waals surface area contributed by atoms with E-state index in [1.165, 1.54) is 5.56 Å². The minimum atomic E-state index is -3.39. The van der Waals surface area contributed by atoms with Crippen molar-refractivity contribution in [3.05, 3.63) is 64.7 Å². The summed E-state index contributed by atoms with van der Waals surface area (Å²) in [6, 6.07) is 15.0. The molecule has 0 unspecified atom stereocenters. The highest BCUT2D eigenvalue weighted by Gasteiger charge is 2.28. The van der Waals surface area contributed by atoms with Gasteiger partial charge >= 0.3 is 0 Å². The molecule has 1 heterocycles. The molecule has 0 aromatic heterocycles. The second kappa shape index (κ2) is 7.87. The second-order valence-electron chi connectivity index (χ2n) is 6.44. The van der Waals surface area contributed by atoms with E-state index in [9.17, 15) is 8.42 Å². The molecular formula is C19H23ClN2O2S. The van der Waals surface area contributed by atoms with Crippen LogP contribution in [0.3, 0.4) is 0 Å². The molecule has 0 N–H and O–H groups in total. The minimum Gasteiger partial charge on any atom is -0.300 e. The van der Waals surface area contributed by atoms with Crippen LogP contribution < -0.4 is 0 Å². The first-order valence-corrected chi connectivity index (χ1v) is 10.3. The summed E-state index contributed by atoms with van der Waals surface area (Å²) in [7, 11) is -3.39. The molecule has 1 fully saturated rings. The van der Waals surface area contributed by atoms with E-state index in [2.05, 4.69) is 4.90 Å². The number of sulfonamides is 1. The van der Waals surface area contributed by atoms with Crippen LogP contribution in [0, 0.1) is 6.92 Å². The highest BCUT2D eigenvalue weighted by molar-refractivity contribution is 7.89. The molecule has 0 bridgehead atoms. The predicted octanol–water partition coefficient (Wildman–Crippen LogP) is 3.20. The zero-order valence-electron chi connectivity index (χ0n) is 14.4. The topological polar surface area (TPSA) is 40.6 Å². The van der Waals surface area contributed by atoms with Gasteiger partial charge in [-0.05, 0) is 48.7 Å². The molecule has 2 aromatic carbocycles. The van der Waals surface area contributed by atoms with Crippen molar-refractivity contribution in [1.82, 2.24) is 9.21 Å². The summed E-state index contributed by atoms with van der Waals surface area (Å²) in [6.07, 6.45) is 0.946. The fraction of sp³-hybridized carbons (Fsp3) is 0.368. The second-order valence-corrected chi connectivity index (χ2v) is 8.81. The highest BCUT2D eigenvalue weighted by atomic mass is 35.5. The lowest BCUT2D eigenvalue weighted by atomic mass is 10.1. The molecule has 25 heavy (non-hydrogen) atoms. The largest absolute Gasteiger partial charge is 0.300 e. The maximum absolute atomic E-state index is 12.8. The van der Waals surface area contributed by atoms with Gasteiger partial charge in [-0.15, -0.1) is 0 Å². The molecule has 0 aliphatic carbocycles. The van der Waals surface area contributed by atoms with Crippen molar-refractivity contribution in [2.24, 2.45) is 0 Å². The summed E-state index contributed by atoms with van der Waals surface area (Å²) in [4.78, 5) is 2.71. The number of rotatable bonds is 5. The van der Waals surface area contributed by atoms with Crippen molar-refractivity contribution >= 4 is 21.6 Å². The Morgan fingerprint density at radius 2 is 1.68 bits per heavy atom. The Bertz CT molecular complexity index is 814. The van der Waals surface area contributed by atoms with Crippen LogP contribution in [-0.2, 0) is 16.4 Å². The number of benzene rings is 2. The van der Waals surface area contributed by atoms with E-state index >= 15 is 0 Å². The van der Waals surface area contributed by atoms with Gasteiger partial charge in [0.25, 0.3) is 0 Å². The van der Waals surface area contributed by atoms with Gasteiger partial charge in [-0.2, -0.15) is 4.31 Å². The number of piperazine rings is 1. The van der Waals surface area contributed by atoms with E-state index < -0.39 is 10.0 Å². The fourth-order valence-corrected chi connectivity index (χ4v) is 4.71. The lowest BCUT2D eigenvalue weighted by molar-refractivity contribution is 0.190. The Labute approximate surface area is 155 Å². The number of halogens is 1. The third kappa shape index (κ3) is 4.61. The van der Waals surface area contributed by atoms with Crippen LogP contribution in [0.5, 0.6) is 0 Å². The Morgan fingerprint density at radius 1 is 1.00 bits per heavy atom. The molecule has 4 nitrogen and oxygen atoms in total. The SMILES string of the molecule is Cc1cccc(S(=O)(=O)N2CCN(CCc3ccc(Cl)cc3)CC2)c1. The first-order valence-electron chi connectivity index (χ1n) is 8.49. The van der Waals surface area contributed by atoms with Crippen molar-refractivity contribution < 1.29 is 8.42 Å². The number of nitrogens with zero attached hydrogens (tertiary/aromatic N) is 2. The first kappa shape index (κ1) is 18.4. The molecule has 1 aliphatic rings. The van der Waals surface area contributed by atoms with E-state index in [1.54, 1.807) is 22.5 Å². The van der Waals surface area contributed by atoms with Gasteiger partial charge in [0.1, 0.15) is 0 Å². The molecule has 1 saturated heterocycles. The van der Waals surface area contributed by atoms with E-state index in [4.69, 9.17) is 11.6 Å². The summed E-state index contributed by atoms with van der Waals surface area (Å²) < 4.78 is 27.1. The van der Waals surface area contributed by atoms with Crippen LogP contribution in [-0.4, -0.2) is 50.3 Å². The van der Waals surface area contributed by atoms with E-state index in [0.717, 1.165) is 36.6 Å². The smallest absolute Gasteiger partial charge is 0.243 e. The molecular weight excluding hydrogens is 356 g/mol. The Hall–Kier alpha value is -1.40. The lowest BCUT2D eigenvalue weighted by Gasteiger charge is -2.34. The average Bonchev–Trinajstić information content (AvgIpc) is 2.62. The van der Waals surface area contributed by atoms with Crippen molar-refractivity contribution in [2.45, 2.75) is 18.2 Å². The minimum absolute atomic E-state index is 0.391. The predicted molar refractivity (Wildman–Crippen MR) is 102 cm³/mol. The van der Waals surface area contributed by atoms with Gasteiger partial charge in [0.2, 0.25) is 10.0 Å². The Kier molecular flexibility index (Phi) is 5.79. The third-order valence-electron chi connectivity index (χ3n) is 4.59. The maximum atomic E-state index is 12.8. The Morgan fingerprint density at radius 3 is 2.32 bits per heavy atom. The fourth-order valence-electron chi connectivity index (χ4n) is 3.06. The molecule has 134 valence electrons. The van der Waals surface area contributed by atoms with Crippen molar-refractivity contribution in [2.75, 3.05) is 32.7 Å². The number of aryl methyl sites for hydroxylation is 1. The molecule has 0 saturated carbocycles. The quantitative estimate of drug-likeness (QED) is 0.802. The molecule has 0 atom stereocenters.